The average molecular weight is 736 g/mol. The monoisotopic (exact) mass is 735 g/mol. The molecule has 0 saturated carbocycles. The average Bonchev–Trinajstić information content (AvgIpc) is 3.94. The van der Waals surface area contributed by atoms with Gasteiger partial charge in [0.05, 0.1) is 28.9 Å². The number of tetrazole rings is 1. The van der Waals surface area contributed by atoms with Gasteiger partial charge in [-0.15, -0.1) is 5.10 Å². The molecule has 2 atom stereocenters. The van der Waals surface area contributed by atoms with E-state index in [1.54, 1.807) is 25.1 Å². The largest absolute Gasteiger partial charge is 0.479 e. The number of carboxylic acids is 1. The molecule has 14 heteroatoms. The van der Waals surface area contributed by atoms with Crippen LogP contribution in [0.3, 0.4) is 0 Å². The van der Waals surface area contributed by atoms with Gasteiger partial charge in [-0.1, -0.05) is 49.4 Å². The molecule has 3 aromatic carbocycles. The number of imidazole rings is 1. The first-order chi connectivity index (χ1) is 26.4. The van der Waals surface area contributed by atoms with E-state index in [0.29, 0.717) is 32.0 Å². The van der Waals surface area contributed by atoms with Crippen molar-refractivity contribution in [3.05, 3.63) is 90.3 Å². The topological polar surface area (TPSA) is 144 Å². The molecule has 2 saturated heterocycles. The second-order valence-electron chi connectivity index (χ2n) is 14.1. The molecule has 0 radical (unpaired) electrons. The van der Waals surface area contributed by atoms with Crippen LogP contribution in [0, 0.1) is 0 Å². The third-order valence-electron chi connectivity index (χ3n) is 10.8. The minimum atomic E-state index is -1.09. The number of para-hydroxylation sites is 2. The van der Waals surface area contributed by atoms with Crippen LogP contribution in [0.1, 0.15) is 55.5 Å². The van der Waals surface area contributed by atoms with Crippen molar-refractivity contribution in [3.63, 3.8) is 0 Å². The van der Waals surface area contributed by atoms with Gasteiger partial charge in [0.2, 0.25) is 5.95 Å². The zero-order chi connectivity index (χ0) is 37.5. The van der Waals surface area contributed by atoms with Crippen molar-refractivity contribution < 1.29 is 24.2 Å². The molecule has 0 spiro atoms. The molecule has 54 heavy (non-hydrogen) atoms. The molecule has 1 N–H and O–H groups in total. The Bertz CT molecular complexity index is 2020. The van der Waals surface area contributed by atoms with Gasteiger partial charge in [0.1, 0.15) is 12.1 Å². The second-order valence-corrected chi connectivity index (χ2v) is 14.1. The first kappa shape index (κ1) is 37.0. The Balaban J connectivity index is 1.08. The number of benzene rings is 3. The molecular weight excluding hydrogens is 686 g/mol. The molecule has 5 aromatic rings. The summed E-state index contributed by atoms with van der Waals surface area (Å²) in [5.74, 6) is -0.0643. The summed E-state index contributed by atoms with van der Waals surface area (Å²) in [4.78, 5) is 38.3. The maximum absolute atomic E-state index is 14.5. The smallest absolute Gasteiger partial charge is 0.344 e. The van der Waals surface area contributed by atoms with Crippen molar-refractivity contribution in [3.8, 4) is 11.4 Å². The highest BCUT2D eigenvalue weighted by Gasteiger charge is 2.42. The number of likely N-dealkylation sites (tertiary alicyclic amines) is 1. The molecule has 2 aliphatic heterocycles. The number of carbonyl (C=O) groups is 2. The quantitative estimate of drug-likeness (QED) is 0.150. The lowest BCUT2D eigenvalue weighted by molar-refractivity contribution is -0.145. The summed E-state index contributed by atoms with van der Waals surface area (Å²) in [6, 6.07) is 23.9. The number of hydrogen-bond acceptors (Lipinski definition) is 10. The van der Waals surface area contributed by atoms with Gasteiger partial charge in [-0.2, -0.15) is 0 Å². The fraction of sp³-hybridized carbons (Fsp3) is 0.450. The second kappa shape index (κ2) is 16.8. The Kier molecular flexibility index (Phi) is 11.5. The number of amides is 1. The van der Waals surface area contributed by atoms with Gasteiger partial charge in [-0.25, -0.2) is 14.5 Å². The Hall–Kier alpha value is -5.34. The molecule has 2 unspecified atom stereocenters. The molecular formula is C40H49N9O5. The van der Waals surface area contributed by atoms with Crippen LogP contribution in [0.4, 0.5) is 5.95 Å². The predicted molar refractivity (Wildman–Crippen MR) is 204 cm³/mol. The van der Waals surface area contributed by atoms with E-state index in [1.807, 2.05) is 24.0 Å². The zero-order valence-electron chi connectivity index (χ0n) is 31.1. The number of anilines is 1. The van der Waals surface area contributed by atoms with Crippen molar-refractivity contribution in [1.29, 1.82) is 0 Å². The van der Waals surface area contributed by atoms with E-state index in [0.717, 1.165) is 75.5 Å². The summed E-state index contributed by atoms with van der Waals surface area (Å²) in [5, 5.41) is 21.2. The van der Waals surface area contributed by atoms with E-state index in [1.165, 1.54) is 16.6 Å². The number of hydrogen-bond donors (Lipinski definition) is 1. The lowest BCUT2D eigenvalue weighted by Gasteiger charge is -2.33. The van der Waals surface area contributed by atoms with Crippen LogP contribution in [-0.2, 0) is 21.5 Å². The third-order valence-corrected chi connectivity index (χ3v) is 10.8. The number of rotatable bonds is 15. The molecule has 1 amide bonds. The Morgan fingerprint density at radius 1 is 0.944 bits per heavy atom. The summed E-state index contributed by atoms with van der Waals surface area (Å²) in [6.45, 7) is 11.5. The molecule has 7 rings (SSSR count). The van der Waals surface area contributed by atoms with Crippen LogP contribution < -0.4 is 9.64 Å². The molecule has 2 fully saturated rings. The van der Waals surface area contributed by atoms with Gasteiger partial charge in [-0.3, -0.25) is 4.79 Å². The van der Waals surface area contributed by atoms with Crippen molar-refractivity contribution in [1.82, 2.24) is 39.6 Å². The number of aliphatic carboxylic acids is 1. The van der Waals surface area contributed by atoms with E-state index in [2.05, 4.69) is 72.4 Å². The normalized spacial score (nSPS) is 18.6. The Labute approximate surface area is 315 Å². The maximum atomic E-state index is 14.5. The molecule has 14 nitrogen and oxygen atoms in total. The van der Waals surface area contributed by atoms with Gasteiger partial charge in [0.25, 0.3) is 5.91 Å². The highest BCUT2D eigenvalue weighted by atomic mass is 16.5. The Morgan fingerprint density at radius 3 is 2.56 bits per heavy atom. The van der Waals surface area contributed by atoms with Crippen molar-refractivity contribution in [2.75, 3.05) is 63.9 Å². The van der Waals surface area contributed by atoms with Crippen LogP contribution in [0.25, 0.3) is 16.7 Å². The minimum Gasteiger partial charge on any atom is -0.479 e. The molecule has 2 aromatic heterocycles. The lowest BCUT2D eigenvalue weighted by Crippen LogP contribution is -2.39. The number of fused-ring (bicyclic) bond motifs is 1. The van der Waals surface area contributed by atoms with E-state index >= 15 is 0 Å². The minimum absolute atomic E-state index is 0.212. The molecule has 0 bridgehead atoms. The van der Waals surface area contributed by atoms with Gasteiger partial charge in [-0.05, 0) is 92.0 Å². The number of carbonyl (C=O) groups excluding carboxylic acids is 1. The van der Waals surface area contributed by atoms with Gasteiger partial charge in [0.15, 0.2) is 6.10 Å². The summed E-state index contributed by atoms with van der Waals surface area (Å²) in [6.07, 6.45) is 3.33. The summed E-state index contributed by atoms with van der Waals surface area (Å²) < 4.78 is 15.4. The molecule has 2 aliphatic rings. The highest BCUT2D eigenvalue weighted by molar-refractivity contribution is 5.98. The Morgan fingerprint density at radius 2 is 1.78 bits per heavy atom. The number of carboxylic acid groups (broad SMARTS) is 1. The van der Waals surface area contributed by atoms with E-state index in [-0.39, 0.29) is 29.1 Å². The van der Waals surface area contributed by atoms with Crippen LogP contribution in [0.5, 0.6) is 5.75 Å². The van der Waals surface area contributed by atoms with Crippen molar-refractivity contribution in [2.24, 2.45) is 0 Å². The molecule has 284 valence electrons. The fourth-order valence-corrected chi connectivity index (χ4v) is 7.85. The first-order valence-electron chi connectivity index (χ1n) is 19.0. The summed E-state index contributed by atoms with van der Waals surface area (Å²) in [5.41, 5.74) is 3.96. The van der Waals surface area contributed by atoms with Crippen LogP contribution >= 0.6 is 0 Å². The fourth-order valence-electron chi connectivity index (χ4n) is 7.85. The lowest BCUT2D eigenvalue weighted by atomic mass is 9.76. The van der Waals surface area contributed by atoms with Crippen LogP contribution in [0.15, 0.2) is 79.1 Å². The first-order valence-corrected chi connectivity index (χ1v) is 19.0. The van der Waals surface area contributed by atoms with E-state index in [4.69, 9.17) is 14.5 Å². The third kappa shape index (κ3) is 7.94. The molecule has 0 aliphatic carbocycles. The highest BCUT2D eigenvalue weighted by Crippen LogP contribution is 2.39. The standard InChI is InChI=1S/C40H49N9O5/c1-3-35(38(51)52)54-36-16-15-31(49-29-41-43-44-49)27-32(36)37(50)47-22-18-40(28-47,30-11-6-5-7-12-30)17-21-45-19-10-20-46(24-23-45)39-42-33-13-8-9-14-34(33)48(39)25-26-53-4-2/h5-9,11-16,27,29,35H,3-4,10,17-26,28H2,1-2H3,(H,51,52). The predicted octanol–water partition coefficient (Wildman–Crippen LogP) is 4.68. The summed E-state index contributed by atoms with van der Waals surface area (Å²) in [7, 11) is 0. The summed E-state index contributed by atoms with van der Waals surface area (Å²) >= 11 is 0. The van der Waals surface area contributed by atoms with Gasteiger partial charge in [0, 0.05) is 51.3 Å². The number of aromatic nitrogens is 6. The van der Waals surface area contributed by atoms with Gasteiger partial charge < -0.3 is 33.8 Å². The number of ether oxygens (including phenoxy) is 2. The maximum Gasteiger partial charge on any atom is 0.344 e. The van der Waals surface area contributed by atoms with Crippen LogP contribution in [-0.4, -0.2) is 122 Å². The van der Waals surface area contributed by atoms with Crippen LogP contribution in [0.2, 0.25) is 0 Å². The van der Waals surface area contributed by atoms with Crippen molar-refractivity contribution in [2.45, 2.75) is 57.6 Å². The molecule has 4 heterocycles. The van der Waals surface area contributed by atoms with E-state index in [9.17, 15) is 14.7 Å². The SMILES string of the molecule is CCOCCn1c(N2CCCN(CCC3(c4ccccc4)CCN(C(=O)c4cc(-n5cnnn5)ccc4OC(CC)C(=O)O)C3)CC2)nc2ccccc21. The zero-order valence-corrected chi connectivity index (χ0v) is 31.1. The van der Waals surface area contributed by atoms with Crippen molar-refractivity contribution >= 4 is 28.9 Å². The van der Waals surface area contributed by atoms with Gasteiger partial charge >= 0.3 is 5.97 Å². The number of nitrogens with zero attached hydrogens (tertiary/aromatic N) is 9. The van der Waals surface area contributed by atoms with E-state index < -0.39 is 12.1 Å².